The number of likely N-dealkylation sites (tertiary alicyclic amines) is 1. The minimum Gasteiger partial charge on any atom is -0.370 e. The molecule has 3 saturated heterocycles. The zero-order valence-electron chi connectivity index (χ0n) is 14.8. The molecule has 25 heavy (non-hydrogen) atoms. The molecule has 1 aromatic heterocycles. The van der Waals surface area contributed by atoms with Gasteiger partial charge in [0, 0.05) is 42.4 Å². The number of hydrogen-bond donors (Lipinski definition) is 1. The Kier molecular flexibility index (Phi) is 4.14. The quantitative estimate of drug-likeness (QED) is 0.878. The van der Waals surface area contributed by atoms with Gasteiger partial charge in [-0.2, -0.15) is 0 Å². The van der Waals surface area contributed by atoms with Crippen molar-refractivity contribution in [3.05, 3.63) is 22.4 Å². The van der Waals surface area contributed by atoms with E-state index in [9.17, 15) is 4.79 Å². The summed E-state index contributed by atoms with van der Waals surface area (Å²) in [6.45, 7) is 3.12. The summed E-state index contributed by atoms with van der Waals surface area (Å²) in [5, 5.41) is 5.24. The molecule has 1 N–H and O–H groups in total. The first kappa shape index (κ1) is 16.3. The molecule has 1 amide bonds. The van der Waals surface area contributed by atoms with Crippen molar-refractivity contribution < 1.29 is 9.53 Å². The van der Waals surface area contributed by atoms with E-state index in [0.29, 0.717) is 24.4 Å². The van der Waals surface area contributed by atoms with Crippen molar-refractivity contribution in [2.75, 3.05) is 19.6 Å². The molecule has 4 fully saturated rings. The number of thiophene rings is 1. The van der Waals surface area contributed by atoms with Gasteiger partial charge in [-0.1, -0.05) is 18.9 Å². The maximum absolute atomic E-state index is 12.3. The highest BCUT2D eigenvalue weighted by Gasteiger charge is 2.63. The first-order valence-corrected chi connectivity index (χ1v) is 10.8. The van der Waals surface area contributed by atoms with E-state index in [1.807, 2.05) is 17.5 Å². The number of carbonyl (C=O) groups is 1. The standard InChI is InChI=1S/C20H28N2O2S/c23-19(10-15-6-3-9-25-15)21-11-16-17-12-22(14-4-1-2-5-14)13-20(17)8-7-18(16)24-20/h3,6,9,14,16-18H,1-2,4-5,7-8,10-13H2,(H,21,23)/t16-,17+,18+,20+/m0/s1. The molecule has 1 spiro atoms. The highest BCUT2D eigenvalue weighted by atomic mass is 32.1. The molecule has 0 unspecified atom stereocenters. The van der Waals surface area contributed by atoms with E-state index in [1.54, 1.807) is 11.3 Å². The maximum atomic E-state index is 12.3. The van der Waals surface area contributed by atoms with Gasteiger partial charge in [-0.3, -0.25) is 9.69 Å². The second kappa shape index (κ2) is 6.36. The highest BCUT2D eigenvalue weighted by molar-refractivity contribution is 7.10. The molecule has 4 atom stereocenters. The van der Waals surface area contributed by atoms with Gasteiger partial charge in [0.25, 0.3) is 0 Å². The Morgan fingerprint density at radius 3 is 3.04 bits per heavy atom. The molecule has 4 aliphatic rings. The summed E-state index contributed by atoms with van der Waals surface area (Å²) in [4.78, 5) is 16.1. The van der Waals surface area contributed by atoms with Gasteiger partial charge >= 0.3 is 0 Å². The van der Waals surface area contributed by atoms with E-state index >= 15 is 0 Å². The molecule has 4 nitrogen and oxygen atoms in total. The molecule has 5 rings (SSSR count). The fraction of sp³-hybridized carbons (Fsp3) is 0.750. The first-order chi connectivity index (χ1) is 12.2. The minimum atomic E-state index is 0.108. The lowest BCUT2D eigenvalue weighted by atomic mass is 9.73. The average molecular weight is 361 g/mol. The summed E-state index contributed by atoms with van der Waals surface area (Å²) in [5.41, 5.74) is 0.108. The minimum absolute atomic E-state index is 0.108. The van der Waals surface area contributed by atoms with Crippen molar-refractivity contribution in [2.45, 2.75) is 62.7 Å². The molecular weight excluding hydrogens is 332 g/mol. The Hall–Kier alpha value is -0.910. The lowest BCUT2D eigenvalue weighted by Crippen LogP contribution is -2.42. The number of hydrogen-bond acceptors (Lipinski definition) is 4. The van der Waals surface area contributed by atoms with Gasteiger partial charge in [0.2, 0.25) is 5.91 Å². The van der Waals surface area contributed by atoms with Crippen LogP contribution in [0.3, 0.4) is 0 Å². The third kappa shape index (κ3) is 2.84. The van der Waals surface area contributed by atoms with E-state index in [2.05, 4.69) is 10.2 Å². The van der Waals surface area contributed by atoms with Crippen LogP contribution in [0.4, 0.5) is 0 Å². The summed E-state index contributed by atoms with van der Waals surface area (Å²) in [5.74, 6) is 1.28. The Bertz CT molecular complexity index is 628. The SMILES string of the molecule is O=C(Cc1cccs1)NC[C@H]1[C@H]2CN(C3CCCC3)C[C@]23CC[C@H]1O3. The highest BCUT2D eigenvalue weighted by Crippen LogP contribution is 2.55. The van der Waals surface area contributed by atoms with Crippen molar-refractivity contribution in [2.24, 2.45) is 11.8 Å². The molecule has 1 saturated carbocycles. The van der Waals surface area contributed by atoms with Gasteiger partial charge in [0.15, 0.2) is 0 Å². The molecule has 3 aliphatic heterocycles. The maximum Gasteiger partial charge on any atom is 0.225 e. The van der Waals surface area contributed by atoms with Crippen molar-refractivity contribution in [3.63, 3.8) is 0 Å². The fourth-order valence-corrected chi connectivity index (χ4v) is 6.62. The van der Waals surface area contributed by atoms with E-state index < -0.39 is 0 Å². The normalized spacial score (nSPS) is 37.7. The van der Waals surface area contributed by atoms with Gasteiger partial charge in [-0.15, -0.1) is 11.3 Å². The fourth-order valence-electron chi connectivity index (χ4n) is 5.91. The molecule has 4 heterocycles. The van der Waals surface area contributed by atoms with Crippen LogP contribution in [0, 0.1) is 11.8 Å². The van der Waals surface area contributed by atoms with Crippen LogP contribution in [0.25, 0.3) is 0 Å². The lowest BCUT2D eigenvalue weighted by Gasteiger charge is -2.29. The van der Waals surface area contributed by atoms with Crippen LogP contribution in [0.1, 0.15) is 43.4 Å². The topological polar surface area (TPSA) is 41.6 Å². The second-order valence-corrected chi connectivity index (χ2v) is 9.49. The molecular formula is C20H28N2O2S. The summed E-state index contributed by atoms with van der Waals surface area (Å²) in [6, 6.07) is 4.84. The average Bonchev–Trinajstić information content (AvgIpc) is 3.37. The number of nitrogens with zero attached hydrogens (tertiary/aromatic N) is 1. The number of nitrogens with one attached hydrogen (secondary N) is 1. The Morgan fingerprint density at radius 2 is 2.24 bits per heavy atom. The molecule has 5 heteroatoms. The predicted molar refractivity (Wildman–Crippen MR) is 98.7 cm³/mol. The van der Waals surface area contributed by atoms with Crippen LogP contribution < -0.4 is 5.32 Å². The van der Waals surface area contributed by atoms with Crippen molar-refractivity contribution >= 4 is 17.2 Å². The lowest BCUT2D eigenvalue weighted by molar-refractivity contribution is -0.120. The number of ether oxygens (including phenoxy) is 1. The molecule has 1 aromatic rings. The van der Waals surface area contributed by atoms with Crippen LogP contribution in [-0.2, 0) is 16.0 Å². The summed E-state index contributed by atoms with van der Waals surface area (Å²) in [7, 11) is 0. The first-order valence-electron chi connectivity index (χ1n) is 9.94. The van der Waals surface area contributed by atoms with Crippen molar-refractivity contribution in [1.29, 1.82) is 0 Å². The monoisotopic (exact) mass is 360 g/mol. The Balaban J connectivity index is 1.21. The van der Waals surface area contributed by atoms with Crippen LogP contribution in [0.5, 0.6) is 0 Å². The summed E-state index contributed by atoms with van der Waals surface area (Å²) >= 11 is 1.66. The Labute approximate surface area is 153 Å². The molecule has 2 bridgehead atoms. The van der Waals surface area contributed by atoms with Gasteiger partial charge < -0.3 is 10.1 Å². The van der Waals surface area contributed by atoms with Gasteiger partial charge in [-0.25, -0.2) is 0 Å². The third-order valence-electron chi connectivity index (χ3n) is 7.10. The van der Waals surface area contributed by atoms with Gasteiger partial charge in [0.05, 0.1) is 18.1 Å². The van der Waals surface area contributed by atoms with Crippen LogP contribution in [-0.4, -0.2) is 48.2 Å². The van der Waals surface area contributed by atoms with Gasteiger partial charge in [-0.05, 0) is 37.1 Å². The number of fused-ring (bicyclic) bond motifs is 1. The van der Waals surface area contributed by atoms with Crippen molar-refractivity contribution in [3.8, 4) is 0 Å². The zero-order valence-corrected chi connectivity index (χ0v) is 15.6. The largest absolute Gasteiger partial charge is 0.370 e. The molecule has 136 valence electrons. The summed E-state index contributed by atoms with van der Waals surface area (Å²) < 4.78 is 6.53. The van der Waals surface area contributed by atoms with Crippen LogP contribution in [0.2, 0.25) is 0 Å². The van der Waals surface area contributed by atoms with E-state index in [-0.39, 0.29) is 11.5 Å². The number of carbonyl (C=O) groups excluding carboxylic acids is 1. The van der Waals surface area contributed by atoms with E-state index in [4.69, 9.17) is 4.74 Å². The zero-order chi connectivity index (χ0) is 16.9. The van der Waals surface area contributed by atoms with Crippen molar-refractivity contribution in [1.82, 2.24) is 10.2 Å². The predicted octanol–water partition coefficient (Wildman–Crippen LogP) is 2.83. The molecule has 0 radical (unpaired) electrons. The number of rotatable bonds is 5. The second-order valence-electron chi connectivity index (χ2n) is 8.46. The van der Waals surface area contributed by atoms with E-state index in [0.717, 1.165) is 24.0 Å². The van der Waals surface area contributed by atoms with Crippen LogP contribution in [0.15, 0.2) is 17.5 Å². The van der Waals surface area contributed by atoms with Gasteiger partial charge in [0.1, 0.15) is 0 Å². The molecule has 1 aliphatic carbocycles. The van der Waals surface area contributed by atoms with Crippen LogP contribution >= 0.6 is 11.3 Å². The van der Waals surface area contributed by atoms with E-state index in [1.165, 1.54) is 45.1 Å². The smallest absolute Gasteiger partial charge is 0.225 e. The molecule has 0 aromatic carbocycles. The summed E-state index contributed by atoms with van der Waals surface area (Å²) in [6.07, 6.45) is 8.82. The third-order valence-corrected chi connectivity index (χ3v) is 7.98. The number of amides is 1. The Morgan fingerprint density at radius 1 is 1.36 bits per heavy atom.